The van der Waals surface area contributed by atoms with Gasteiger partial charge in [0.25, 0.3) is 0 Å². The van der Waals surface area contributed by atoms with Crippen LogP contribution in [0.15, 0.2) is 29.3 Å². The van der Waals surface area contributed by atoms with Crippen molar-refractivity contribution in [3.8, 4) is 0 Å². The molecule has 0 spiro atoms. The number of aliphatic imine (C=N–C) groups is 1. The van der Waals surface area contributed by atoms with Crippen molar-refractivity contribution in [1.29, 1.82) is 0 Å². The lowest BCUT2D eigenvalue weighted by molar-refractivity contribution is -0.131. The number of nitrogens with one attached hydrogen (secondary N) is 1. The van der Waals surface area contributed by atoms with E-state index in [1.807, 2.05) is 43.0 Å². The zero-order valence-electron chi connectivity index (χ0n) is 16.0. The fraction of sp³-hybridized carbons (Fsp3) is 0.579. The number of piperazine rings is 1. The highest BCUT2D eigenvalue weighted by Crippen LogP contribution is 2.13. The first-order valence-corrected chi connectivity index (χ1v) is 9.57. The summed E-state index contributed by atoms with van der Waals surface area (Å²) >= 11 is 5.99. The van der Waals surface area contributed by atoms with Gasteiger partial charge < -0.3 is 20.2 Å². The smallest absolute Gasteiger partial charge is 0.227 e. The Bertz CT molecular complexity index is 621. The fourth-order valence-electron chi connectivity index (χ4n) is 2.83. The molecule has 1 saturated heterocycles. The van der Waals surface area contributed by atoms with Crippen molar-refractivity contribution < 1.29 is 9.90 Å². The van der Waals surface area contributed by atoms with Gasteiger partial charge in [0.1, 0.15) is 0 Å². The molecule has 6 nitrogen and oxygen atoms in total. The first-order valence-electron chi connectivity index (χ1n) is 9.19. The van der Waals surface area contributed by atoms with Crippen LogP contribution in [0.4, 0.5) is 0 Å². The Morgan fingerprint density at radius 2 is 1.96 bits per heavy atom. The number of carbonyl (C=O) groups excluding carboxylic acids is 1. The van der Waals surface area contributed by atoms with Gasteiger partial charge in [-0.05, 0) is 30.5 Å². The quantitative estimate of drug-likeness (QED) is 0.351. The van der Waals surface area contributed by atoms with E-state index < -0.39 is 0 Å². The molecular formula is C19H30ClIN4O2. The highest BCUT2D eigenvalue weighted by atomic mass is 127. The summed E-state index contributed by atoms with van der Waals surface area (Å²) in [4.78, 5) is 21.2. The lowest BCUT2D eigenvalue weighted by Crippen LogP contribution is -2.54. The van der Waals surface area contributed by atoms with Crippen molar-refractivity contribution in [2.45, 2.75) is 20.3 Å². The van der Waals surface area contributed by atoms with E-state index in [0.717, 1.165) is 31.2 Å². The summed E-state index contributed by atoms with van der Waals surface area (Å²) in [6, 6.07) is 7.45. The van der Waals surface area contributed by atoms with Crippen LogP contribution in [0.2, 0.25) is 5.02 Å². The van der Waals surface area contributed by atoms with Gasteiger partial charge in [-0.25, -0.2) is 0 Å². The third-order valence-electron chi connectivity index (χ3n) is 4.38. The monoisotopic (exact) mass is 508 g/mol. The van der Waals surface area contributed by atoms with Gasteiger partial charge in [0, 0.05) is 50.9 Å². The number of halogens is 2. The van der Waals surface area contributed by atoms with Gasteiger partial charge in [-0.15, -0.1) is 24.0 Å². The lowest BCUT2D eigenvalue weighted by Gasteiger charge is -2.36. The Hall–Kier alpha value is -1.06. The van der Waals surface area contributed by atoms with Crippen molar-refractivity contribution in [2.24, 2.45) is 10.9 Å². The molecule has 1 fully saturated rings. The van der Waals surface area contributed by atoms with Crippen molar-refractivity contribution in [3.63, 3.8) is 0 Å². The third-order valence-corrected chi connectivity index (χ3v) is 4.61. The Kier molecular flexibility index (Phi) is 11.0. The Morgan fingerprint density at radius 1 is 1.30 bits per heavy atom. The predicted octanol–water partition coefficient (Wildman–Crippen LogP) is 2.24. The Labute approximate surface area is 184 Å². The van der Waals surface area contributed by atoms with E-state index in [4.69, 9.17) is 16.7 Å². The number of hydrogen-bond acceptors (Lipinski definition) is 3. The van der Waals surface area contributed by atoms with Crippen LogP contribution < -0.4 is 5.32 Å². The van der Waals surface area contributed by atoms with Crippen LogP contribution in [-0.2, 0) is 11.2 Å². The molecule has 1 amide bonds. The molecule has 0 radical (unpaired) electrons. The van der Waals surface area contributed by atoms with E-state index >= 15 is 0 Å². The Balaban J connectivity index is 0.00000364. The minimum absolute atomic E-state index is 0. The van der Waals surface area contributed by atoms with Gasteiger partial charge in [-0.3, -0.25) is 9.79 Å². The molecule has 0 aromatic heterocycles. The molecule has 27 heavy (non-hydrogen) atoms. The topological polar surface area (TPSA) is 68.2 Å². The normalized spacial score (nSPS) is 15.9. The van der Waals surface area contributed by atoms with E-state index in [0.29, 0.717) is 31.1 Å². The summed E-state index contributed by atoms with van der Waals surface area (Å²) in [6.07, 6.45) is 0.378. The molecule has 1 atom stereocenters. The van der Waals surface area contributed by atoms with Gasteiger partial charge in [-0.2, -0.15) is 0 Å². The van der Waals surface area contributed by atoms with E-state index in [9.17, 15) is 4.79 Å². The molecule has 1 aromatic rings. The maximum absolute atomic E-state index is 12.5. The lowest BCUT2D eigenvalue weighted by atomic mass is 10.1. The maximum atomic E-state index is 12.5. The largest absolute Gasteiger partial charge is 0.396 e. The second-order valence-corrected chi connectivity index (χ2v) is 7.09. The molecule has 2 rings (SSSR count). The molecule has 1 unspecified atom stereocenters. The fourth-order valence-corrected chi connectivity index (χ4v) is 3.04. The summed E-state index contributed by atoms with van der Waals surface area (Å²) in [5.41, 5.74) is 0.942. The molecule has 1 aliphatic rings. The van der Waals surface area contributed by atoms with Gasteiger partial charge in [0.2, 0.25) is 5.91 Å². The molecule has 8 heteroatoms. The van der Waals surface area contributed by atoms with E-state index in [1.54, 1.807) is 0 Å². The van der Waals surface area contributed by atoms with E-state index in [1.165, 1.54) is 0 Å². The summed E-state index contributed by atoms with van der Waals surface area (Å²) in [7, 11) is 0. The summed E-state index contributed by atoms with van der Waals surface area (Å²) < 4.78 is 0. The number of carbonyl (C=O) groups is 1. The van der Waals surface area contributed by atoms with Crippen LogP contribution in [0.3, 0.4) is 0 Å². The second-order valence-electron chi connectivity index (χ2n) is 6.66. The molecule has 1 aliphatic heterocycles. The first kappa shape index (κ1) is 24.0. The highest BCUT2D eigenvalue weighted by molar-refractivity contribution is 14.0. The zero-order valence-corrected chi connectivity index (χ0v) is 19.1. The number of aliphatic hydroxyl groups is 1. The van der Waals surface area contributed by atoms with Crippen LogP contribution in [0, 0.1) is 5.92 Å². The maximum Gasteiger partial charge on any atom is 0.227 e. The van der Waals surface area contributed by atoms with Crippen LogP contribution in [0.1, 0.15) is 19.4 Å². The summed E-state index contributed by atoms with van der Waals surface area (Å²) in [5, 5.41) is 13.1. The summed E-state index contributed by atoms with van der Waals surface area (Å²) in [6.45, 7) is 8.39. The number of aliphatic hydroxyl groups excluding tert-OH is 1. The zero-order chi connectivity index (χ0) is 18.9. The summed E-state index contributed by atoms with van der Waals surface area (Å²) in [5.74, 6) is 1.13. The van der Waals surface area contributed by atoms with Gasteiger partial charge >= 0.3 is 0 Å². The third kappa shape index (κ3) is 7.83. The SMILES string of the molecule is CCNC(=NCC(C)CO)N1CCN(C(=O)Cc2cccc(Cl)c2)CC1.I. The van der Waals surface area contributed by atoms with E-state index in [-0.39, 0.29) is 42.4 Å². The molecule has 1 aromatic carbocycles. The molecule has 152 valence electrons. The number of benzene rings is 1. The average molecular weight is 509 g/mol. The van der Waals surface area contributed by atoms with Crippen molar-refractivity contribution in [2.75, 3.05) is 45.9 Å². The van der Waals surface area contributed by atoms with Crippen molar-refractivity contribution in [3.05, 3.63) is 34.9 Å². The van der Waals surface area contributed by atoms with Gasteiger partial charge in [0.05, 0.1) is 6.42 Å². The number of amides is 1. The highest BCUT2D eigenvalue weighted by Gasteiger charge is 2.23. The molecule has 2 N–H and O–H groups in total. The first-order chi connectivity index (χ1) is 12.5. The minimum atomic E-state index is 0. The molecule has 0 aliphatic carbocycles. The van der Waals surface area contributed by atoms with Crippen LogP contribution in [0.25, 0.3) is 0 Å². The van der Waals surface area contributed by atoms with Crippen LogP contribution >= 0.6 is 35.6 Å². The minimum Gasteiger partial charge on any atom is -0.396 e. The number of hydrogen-bond donors (Lipinski definition) is 2. The van der Waals surface area contributed by atoms with Crippen molar-refractivity contribution in [1.82, 2.24) is 15.1 Å². The second kappa shape index (κ2) is 12.4. The van der Waals surface area contributed by atoms with Gasteiger partial charge in [0.15, 0.2) is 5.96 Å². The number of guanidine groups is 1. The molecule has 1 heterocycles. The van der Waals surface area contributed by atoms with Crippen LogP contribution in [-0.4, -0.2) is 72.6 Å². The molecule has 0 saturated carbocycles. The number of rotatable bonds is 6. The molecule has 0 bridgehead atoms. The average Bonchev–Trinajstić information content (AvgIpc) is 2.65. The van der Waals surface area contributed by atoms with Crippen LogP contribution in [0.5, 0.6) is 0 Å². The standard InChI is InChI=1S/C19H29ClN4O2.HI/c1-3-21-19(22-13-15(2)14-25)24-9-7-23(8-10-24)18(26)12-16-5-4-6-17(20)11-16;/h4-6,11,15,25H,3,7-10,12-14H2,1-2H3,(H,21,22);1H. The number of nitrogens with zero attached hydrogens (tertiary/aromatic N) is 3. The molecular weight excluding hydrogens is 479 g/mol. The van der Waals surface area contributed by atoms with Crippen molar-refractivity contribution >= 4 is 47.4 Å². The van der Waals surface area contributed by atoms with E-state index in [2.05, 4.69) is 15.2 Å². The predicted molar refractivity (Wildman–Crippen MR) is 121 cm³/mol. The van der Waals surface area contributed by atoms with Gasteiger partial charge in [-0.1, -0.05) is 30.7 Å². The Morgan fingerprint density at radius 3 is 2.56 bits per heavy atom.